The van der Waals surface area contributed by atoms with Gasteiger partial charge in [0.2, 0.25) is 40.2 Å². The number of rotatable bonds is 5. The minimum Gasteiger partial charge on any atom is -0.352 e. The summed E-state index contributed by atoms with van der Waals surface area (Å²) >= 11 is 0. The molecule has 17 heteroatoms. The standard InChI is InChI=1S/C20H21N4.C15H17N5.C14H17N4.C13H15N4/c1-14-12-18(19-15(2)24-11-10-21-20(24)23(19)4)22(3)13-17(14)16-8-6-5-7-9-16;1-11-17(2)12-6-4-5-7-13(12)20(11)14-10-19-9-8-16-15(19)18(14)3;1-10-5-7-16(3)12(9-10)13-11(2)18-8-6-15-14(18)17(13)4;1-10-12(11-6-4-5-8-15(11)2)16(3)13-14-7-9-17(10)13/h5-13H,1-4H3;4-11H,1-3H3;5-9H,1-4H3;4-9H,1-3H3/q+1;;2*+1/t;11-;;/m.0../s1. The summed E-state index contributed by atoms with van der Waals surface area (Å²) in [5.41, 5.74) is 18.4. The van der Waals surface area contributed by atoms with Crippen molar-refractivity contribution < 1.29 is 13.7 Å². The number of imidazole rings is 8. The zero-order chi connectivity index (χ0) is 55.6. The maximum Gasteiger partial charge on any atom is 0.231 e. The SMILES string of the molecule is C[C@H]1N(C)c2ccccc2N1c1cn2ccnc2n1C.Cc1c(-c2cccc[n+]2C)n(C)c2nccn12.Cc1cc(-c2c(C)n3ccnc3n2C)[n+](C)cc1-c1ccccc1.Cc1cc[n+](C)c(-c2c(C)n3ccnc3n2C)c1. The fraction of sp³-hybridized carbons (Fsp3) is 0.242. The molecule has 79 heavy (non-hydrogen) atoms. The maximum atomic E-state index is 4.46. The van der Waals surface area contributed by atoms with Gasteiger partial charge in [0.25, 0.3) is 0 Å². The van der Waals surface area contributed by atoms with Crippen LogP contribution in [0.4, 0.5) is 17.2 Å². The average molecular weight is 1050 g/mol. The zero-order valence-corrected chi connectivity index (χ0v) is 47.8. The average Bonchev–Trinajstić information content (AvgIpc) is 4.55. The number of para-hydroxylation sites is 2. The first-order valence-corrected chi connectivity index (χ1v) is 26.6. The third-order valence-corrected chi connectivity index (χ3v) is 15.8. The van der Waals surface area contributed by atoms with E-state index in [9.17, 15) is 0 Å². The van der Waals surface area contributed by atoms with Gasteiger partial charge in [-0.3, -0.25) is 22.2 Å². The Morgan fingerprint density at radius 3 is 1.52 bits per heavy atom. The van der Waals surface area contributed by atoms with E-state index in [0.717, 1.165) is 28.9 Å². The van der Waals surface area contributed by atoms with Crippen molar-refractivity contribution in [1.82, 2.24) is 55.8 Å². The number of aryl methyl sites for hydroxylation is 12. The highest BCUT2D eigenvalue weighted by molar-refractivity contribution is 5.83. The van der Waals surface area contributed by atoms with Crippen LogP contribution in [-0.4, -0.2) is 69.0 Å². The summed E-state index contributed by atoms with van der Waals surface area (Å²) in [5.74, 6) is 5.02. The molecule has 17 nitrogen and oxygen atoms in total. The minimum absolute atomic E-state index is 0.283. The molecule has 0 saturated carbocycles. The third kappa shape index (κ3) is 8.80. The number of fused-ring (bicyclic) bond motifs is 5. The van der Waals surface area contributed by atoms with E-state index in [2.05, 4.69) is 287 Å². The summed E-state index contributed by atoms with van der Waals surface area (Å²) in [7, 11) is 16.6. The summed E-state index contributed by atoms with van der Waals surface area (Å²) in [6.45, 7) is 12.9. The van der Waals surface area contributed by atoms with E-state index < -0.39 is 0 Å². The Morgan fingerprint density at radius 1 is 0.468 bits per heavy atom. The molecule has 1 aliphatic heterocycles. The molecule has 11 aromatic heterocycles. The van der Waals surface area contributed by atoms with Gasteiger partial charge in [-0.15, -0.1) is 0 Å². The summed E-state index contributed by atoms with van der Waals surface area (Å²) in [5, 5.41) is 0. The summed E-state index contributed by atoms with van der Waals surface area (Å²) in [6, 6.07) is 31.9. The van der Waals surface area contributed by atoms with Crippen molar-refractivity contribution in [3.8, 4) is 45.3 Å². The van der Waals surface area contributed by atoms with Gasteiger partial charge in [0.05, 0.1) is 34.7 Å². The van der Waals surface area contributed by atoms with Crippen molar-refractivity contribution in [1.29, 1.82) is 0 Å². The van der Waals surface area contributed by atoms with Crippen LogP contribution in [0.25, 0.3) is 68.4 Å². The van der Waals surface area contributed by atoms with Crippen molar-refractivity contribution >= 4 is 40.3 Å². The number of hydrogen-bond donors (Lipinski definition) is 0. The Morgan fingerprint density at radius 2 is 0.962 bits per heavy atom. The molecule has 13 aromatic rings. The van der Waals surface area contributed by atoms with E-state index in [4.69, 9.17) is 0 Å². The minimum atomic E-state index is 0.283. The molecule has 0 saturated heterocycles. The van der Waals surface area contributed by atoms with E-state index >= 15 is 0 Å². The largest absolute Gasteiger partial charge is 0.352 e. The molecule has 0 aliphatic carbocycles. The second-order valence-corrected chi connectivity index (χ2v) is 20.7. The monoisotopic (exact) mass is 1050 g/mol. The molecule has 1 atom stereocenters. The molecular formula is C62H70N17+3. The van der Waals surface area contributed by atoms with Gasteiger partial charge in [0, 0.05) is 121 Å². The van der Waals surface area contributed by atoms with Crippen LogP contribution in [0.2, 0.25) is 0 Å². The quantitative estimate of drug-likeness (QED) is 0.159. The van der Waals surface area contributed by atoms with Crippen LogP contribution >= 0.6 is 0 Å². The van der Waals surface area contributed by atoms with Gasteiger partial charge < -0.3 is 23.5 Å². The molecule has 1 aliphatic rings. The van der Waals surface area contributed by atoms with Gasteiger partial charge in [-0.2, -0.15) is 13.7 Å². The molecular weight excluding hydrogens is 983 g/mol. The fourth-order valence-electron chi connectivity index (χ4n) is 11.5. The number of pyridine rings is 3. The van der Waals surface area contributed by atoms with Crippen molar-refractivity contribution in [3.63, 3.8) is 0 Å². The molecule has 0 spiro atoms. The molecule has 0 fully saturated rings. The molecule has 400 valence electrons. The van der Waals surface area contributed by atoms with Gasteiger partial charge in [-0.1, -0.05) is 42.5 Å². The summed E-state index contributed by atoms with van der Waals surface area (Å²) in [6.07, 6.45) is 24.1. The summed E-state index contributed by atoms with van der Waals surface area (Å²) < 4.78 is 23.5. The highest BCUT2D eigenvalue weighted by Gasteiger charge is 2.33. The lowest BCUT2D eigenvalue weighted by molar-refractivity contribution is -0.660. The van der Waals surface area contributed by atoms with Gasteiger partial charge in [-0.25, -0.2) is 19.9 Å². The number of hydrogen-bond acceptors (Lipinski definition) is 6. The molecule has 0 radical (unpaired) electrons. The van der Waals surface area contributed by atoms with Crippen LogP contribution in [0, 0.1) is 34.6 Å². The molecule has 0 bridgehead atoms. The Bertz CT molecular complexity index is 4250. The third-order valence-electron chi connectivity index (χ3n) is 15.8. The van der Waals surface area contributed by atoms with Gasteiger partial charge in [-0.05, 0) is 76.4 Å². The molecule has 12 heterocycles. The Labute approximate surface area is 460 Å². The van der Waals surface area contributed by atoms with Gasteiger partial charge in [0.1, 0.15) is 50.2 Å². The molecule has 14 rings (SSSR count). The van der Waals surface area contributed by atoms with Crippen molar-refractivity contribution in [3.05, 3.63) is 194 Å². The first kappa shape index (κ1) is 51.6. The fourth-order valence-corrected chi connectivity index (χ4v) is 11.5. The lowest BCUT2D eigenvalue weighted by atomic mass is 10.0. The van der Waals surface area contributed by atoms with Crippen LogP contribution in [0.1, 0.15) is 35.1 Å². The first-order chi connectivity index (χ1) is 38.0. The lowest BCUT2D eigenvalue weighted by Crippen LogP contribution is -2.36. The number of benzene rings is 2. The Hall–Kier alpha value is -9.51. The van der Waals surface area contributed by atoms with E-state index in [1.54, 1.807) is 0 Å². The van der Waals surface area contributed by atoms with E-state index in [0.29, 0.717) is 0 Å². The maximum absolute atomic E-state index is 4.46. The normalized spacial score (nSPS) is 13.0. The van der Waals surface area contributed by atoms with Crippen LogP contribution in [0.15, 0.2) is 165 Å². The Balaban J connectivity index is 0.000000112. The number of nitrogens with zero attached hydrogens (tertiary/aromatic N) is 17. The lowest BCUT2D eigenvalue weighted by Gasteiger charge is -2.27. The Kier molecular flexibility index (Phi) is 13.4. The highest BCUT2D eigenvalue weighted by Crippen LogP contribution is 2.43. The molecule has 0 amide bonds. The van der Waals surface area contributed by atoms with Gasteiger partial charge >= 0.3 is 0 Å². The second-order valence-electron chi connectivity index (χ2n) is 20.7. The predicted octanol–water partition coefficient (Wildman–Crippen LogP) is 9.31. The predicted molar refractivity (Wildman–Crippen MR) is 312 cm³/mol. The molecule has 0 unspecified atom stereocenters. The van der Waals surface area contributed by atoms with Crippen LogP contribution in [-0.2, 0) is 49.3 Å². The first-order valence-electron chi connectivity index (χ1n) is 26.6. The van der Waals surface area contributed by atoms with Crippen molar-refractivity contribution in [2.24, 2.45) is 49.3 Å². The second kappa shape index (κ2) is 20.5. The van der Waals surface area contributed by atoms with Crippen LogP contribution in [0.5, 0.6) is 0 Å². The highest BCUT2D eigenvalue weighted by atomic mass is 15.4. The van der Waals surface area contributed by atoms with Gasteiger partial charge in [0.15, 0.2) is 18.6 Å². The topological polar surface area (TPSA) is 107 Å². The number of anilines is 3. The van der Waals surface area contributed by atoms with E-state index in [1.165, 1.54) is 84.9 Å². The van der Waals surface area contributed by atoms with E-state index in [-0.39, 0.29) is 6.17 Å². The molecule has 2 aromatic carbocycles. The van der Waals surface area contributed by atoms with Crippen LogP contribution < -0.4 is 23.5 Å². The smallest absolute Gasteiger partial charge is 0.231 e. The van der Waals surface area contributed by atoms with E-state index in [1.807, 2.05) is 55.6 Å². The summed E-state index contributed by atoms with van der Waals surface area (Å²) in [4.78, 5) is 22.3. The van der Waals surface area contributed by atoms with Crippen molar-refractivity contribution in [2.75, 3.05) is 16.8 Å². The van der Waals surface area contributed by atoms with Crippen molar-refractivity contribution in [2.45, 2.75) is 47.7 Å². The number of aromatic nitrogens is 15. The van der Waals surface area contributed by atoms with Crippen LogP contribution in [0.3, 0.4) is 0 Å². The zero-order valence-electron chi connectivity index (χ0n) is 47.8. The molecule has 0 N–H and O–H groups in total.